The number of ketones is 1. The van der Waals surface area contributed by atoms with E-state index in [9.17, 15) is 27.9 Å². The second-order valence-electron chi connectivity index (χ2n) is 9.19. The highest BCUT2D eigenvalue weighted by Crippen LogP contribution is 2.39. The number of Topliss-reactive ketones (excluding diaryl/α,β-unsaturated/α-hetero) is 1. The number of likely N-dealkylation sites (tertiary alicyclic amines) is 1. The van der Waals surface area contributed by atoms with Gasteiger partial charge in [0.2, 0.25) is 5.91 Å². The van der Waals surface area contributed by atoms with Gasteiger partial charge in [-0.3, -0.25) is 14.3 Å². The van der Waals surface area contributed by atoms with Crippen molar-refractivity contribution in [3.63, 3.8) is 0 Å². The Morgan fingerprint density at radius 2 is 1.97 bits per heavy atom. The van der Waals surface area contributed by atoms with Crippen LogP contribution in [-0.4, -0.2) is 49.0 Å². The lowest BCUT2D eigenvalue weighted by Gasteiger charge is -2.15. The standard InChI is InChI=1S/C24H23F3N4O3/c1-12-7-15(24(25,26)27)9-19(33)21(12)18-6-5-17-22(13(2)32)31(29-23(17)28-18)11-14-8-20(34)30(10-14)16-3-4-16/h5-7,9,14,16,33H,3-4,8,10-11H2,1-2H3. The Hall–Kier alpha value is -3.43. The Kier molecular flexibility index (Phi) is 5.14. The molecule has 2 fully saturated rings. The van der Waals surface area contributed by atoms with E-state index in [4.69, 9.17) is 0 Å². The highest BCUT2D eigenvalue weighted by Gasteiger charge is 2.39. The largest absolute Gasteiger partial charge is 0.507 e. The van der Waals surface area contributed by atoms with Crippen LogP contribution in [0.2, 0.25) is 0 Å². The molecule has 1 aliphatic carbocycles. The van der Waals surface area contributed by atoms with Crippen LogP contribution in [-0.2, 0) is 17.5 Å². The number of phenolic OH excluding ortho intramolecular Hbond substituents is 1. The van der Waals surface area contributed by atoms with Crippen molar-refractivity contribution < 1.29 is 27.9 Å². The molecule has 1 atom stereocenters. The number of aryl methyl sites for hydroxylation is 1. The number of aromatic hydroxyl groups is 1. The first-order valence-corrected chi connectivity index (χ1v) is 11.1. The lowest BCUT2D eigenvalue weighted by Crippen LogP contribution is -2.28. The fourth-order valence-corrected chi connectivity index (χ4v) is 4.84. The molecule has 3 aromatic rings. The first-order chi connectivity index (χ1) is 16.0. The lowest BCUT2D eigenvalue weighted by molar-refractivity contribution is -0.137. The number of alkyl halides is 3. The molecule has 1 saturated heterocycles. The first-order valence-electron chi connectivity index (χ1n) is 11.1. The van der Waals surface area contributed by atoms with Gasteiger partial charge < -0.3 is 10.0 Å². The van der Waals surface area contributed by atoms with Crippen molar-refractivity contribution in [2.75, 3.05) is 6.54 Å². The van der Waals surface area contributed by atoms with Crippen LogP contribution in [0.5, 0.6) is 5.75 Å². The minimum Gasteiger partial charge on any atom is -0.507 e. The summed E-state index contributed by atoms with van der Waals surface area (Å²) in [7, 11) is 0. The fourth-order valence-electron chi connectivity index (χ4n) is 4.84. The van der Waals surface area contributed by atoms with Crippen LogP contribution >= 0.6 is 0 Å². The second-order valence-corrected chi connectivity index (χ2v) is 9.19. The van der Waals surface area contributed by atoms with Crippen molar-refractivity contribution in [2.45, 2.75) is 51.9 Å². The minimum absolute atomic E-state index is 0.0289. The number of pyridine rings is 1. The zero-order valence-corrected chi connectivity index (χ0v) is 18.7. The molecule has 0 radical (unpaired) electrons. The summed E-state index contributed by atoms with van der Waals surface area (Å²) in [5, 5.41) is 15.4. The van der Waals surface area contributed by atoms with E-state index in [-0.39, 0.29) is 40.1 Å². The van der Waals surface area contributed by atoms with E-state index in [1.165, 1.54) is 13.8 Å². The summed E-state index contributed by atoms with van der Waals surface area (Å²) >= 11 is 0. The van der Waals surface area contributed by atoms with Crippen LogP contribution in [0.4, 0.5) is 13.2 Å². The van der Waals surface area contributed by atoms with E-state index in [1.54, 1.807) is 16.8 Å². The number of nitrogens with zero attached hydrogens (tertiary/aromatic N) is 4. The number of rotatable bonds is 5. The molecule has 1 N–H and O–H groups in total. The number of amides is 1. The van der Waals surface area contributed by atoms with E-state index < -0.39 is 17.5 Å². The van der Waals surface area contributed by atoms with Gasteiger partial charge >= 0.3 is 6.18 Å². The van der Waals surface area contributed by atoms with Crippen molar-refractivity contribution in [2.24, 2.45) is 5.92 Å². The van der Waals surface area contributed by atoms with Crippen molar-refractivity contribution in [3.8, 4) is 17.0 Å². The molecule has 0 bridgehead atoms. The van der Waals surface area contributed by atoms with Crippen molar-refractivity contribution in [1.29, 1.82) is 0 Å². The van der Waals surface area contributed by atoms with Gasteiger partial charge in [-0.05, 0) is 49.6 Å². The van der Waals surface area contributed by atoms with Crippen molar-refractivity contribution in [1.82, 2.24) is 19.7 Å². The molecule has 3 heterocycles. The Labute approximate surface area is 193 Å². The smallest absolute Gasteiger partial charge is 0.416 e. The maximum atomic E-state index is 13.1. The average molecular weight is 472 g/mol. The molecule has 1 aromatic carbocycles. The van der Waals surface area contributed by atoms with E-state index >= 15 is 0 Å². The molecule has 1 aliphatic heterocycles. The van der Waals surface area contributed by atoms with E-state index in [1.807, 2.05) is 4.90 Å². The normalized spacial score (nSPS) is 18.8. The van der Waals surface area contributed by atoms with Gasteiger partial charge in [0.05, 0.1) is 16.6 Å². The van der Waals surface area contributed by atoms with Gasteiger partial charge in [0.15, 0.2) is 11.4 Å². The highest BCUT2D eigenvalue weighted by molar-refractivity contribution is 6.04. The number of benzene rings is 1. The molecule has 178 valence electrons. The number of phenols is 1. The third-order valence-corrected chi connectivity index (χ3v) is 6.49. The molecular formula is C24H23F3N4O3. The van der Waals surface area contributed by atoms with Gasteiger partial charge in [0, 0.05) is 44.0 Å². The second kappa shape index (κ2) is 7.82. The monoisotopic (exact) mass is 472 g/mol. The van der Waals surface area contributed by atoms with E-state index in [0.717, 1.165) is 18.9 Å². The Bertz CT molecular complexity index is 1300. The van der Waals surface area contributed by atoms with Gasteiger partial charge in [-0.15, -0.1) is 0 Å². The number of fused-ring (bicyclic) bond motifs is 1. The maximum absolute atomic E-state index is 13.1. The summed E-state index contributed by atoms with van der Waals surface area (Å²) in [5.41, 5.74) is 0.337. The Morgan fingerprint density at radius 3 is 2.59 bits per heavy atom. The fraction of sp³-hybridized carbons (Fsp3) is 0.417. The molecule has 0 spiro atoms. The molecule has 1 amide bonds. The van der Waals surface area contributed by atoms with Crippen LogP contribution in [0, 0.1) is 12.8 Å². The zero-order chi connectivity index (χ0) is 24.4. The number of hydrogen-bond acceptors (Lipinski definition) is 5. The molecule has 10 heteroatoms. The minimum atomic E-state index is -4.58. The van der Waals surface area contributed by atoms with Gasteiger partial charge in [-0.25, -0.2) is 4.98 Å². The highest BCUT2D eigenvalue weighted by atomic mass is 19.4. The molecule has 1 saturated carbocycles. The van der Waals surface area contributed by atoms with Crippen LogP contribution in [0.25, 0.3) is 22.3 Å². The number of halogens is 3. The summed E-state index contributed by atoms with van der Waals surface area (Å²) in [6.07, 6.45) is -2.11. The van der Waals surface area contributed by atoms with Crippen LogP contribution < -0.4 is 0 Å². The lowest BCUT2D eigenvalue weighted by atomic mass is 10.00. The predicted octanol–water partition coefficient (Wildman–Crippen LogP) is 4.34. The van der Waals surface area contributed by atoms with Gasteiger partial charge in [-0.1, -0.05) is 0 Å². The van der Waals surface area contributed by atoms with Crippen molar-refractivity contribution >= 4 is 22.7 Å². The summed E-state index contributed by atoms with van der Waals surface area (Å²) in [6, 6.07) is 5.18. The summed E-state index contributed by atoms with van der Waals surface area (Å²) in [5.74, 6) is -0.576. The van der Waals surface area contributed by atoms with E-state index in [2.05, 4.69) is 10.1 Å². The van der Waals surface area contributed by atoms with Crippen LogP contribution in [0.3, 0.4) is 0 Å². The summed E-state index contributed by atoms with van der Waals surface area (Å²) < 4.78 is 40.8. The number of carbonyl (C=O) groups is 2. The van der Waals surface area contributed by atoms with Crippen LogP contribution in [0.1, 0.15) is 47.8 Å². The number of carbonyl (C=O) groups excluding carboxylic acids is 2. The zero-order valence-electron chi connectivity index (χ0n) is 18.7. The topological polar surface area (TPSA) is 88.3 Å². The molecule has 5 rings (SSSR count). The first kappa shape index (κ1) is 22.4. The number of hydrogen-bond donors (Lipinski definition) is 1. The third-order valence-electron chi connectivity index (χ3n) is 6.49. The van der Waals surface area contributed by atoms with Crippen molar-refractivity contribution in [3.05, 3.63) is 41.1 Å². The maximum Gasteiger partial charge on any atom is 0.416 e. The third kappa shape index (κ3) is 3.91. The average Bonchev–Trinajstić information content (AvgIpc) is 3.41. The Balaban J connectivity index is 1.51. The number of aromatic nitrogens is 3. The predicted molar refractivity (Wildman–Crippen MR) is 117 cm³/mol. The summed E-state index contributed by atoms with van der Waals surface area (Å²) in [4.78, 5) is 31.1. The van der Waals surface area contributed by atoms with E-state index in [0.29, 0.717) is 42.7 Å². The quantitative estimate of drug-likeness (QED) is 0.558. The summed E-state index contributed by atoms with van der Waals surface area (Å²) in [6.45, 7) is 3.93. The molecule has 34 heavy (non-hydrogen) atoms. The van der Waals surface area contributed by atoms with Gasteiger partial charge in [-0.2, -0.15) is 18.3 Å². The molecule has 2 aromatic heterocycles. The molecule has 7 nitrogen and oxygen atoms in total. The molecule has 1 unspecified atom stereocenters. The Morgan fingerprint density at radius 1 is 1.24 bits per heavy atom. The van der Waals surface area contributed by atoms with Gasteiger partial charge in [0.1, 0.15) is 11.4 Å². The van der Waals surface area contributed by atoms with Gasteiger partial charge in [0.25, 0.3) is 0 Å². The molecular weight excluding hydrogens is 449 g/mol. The van der Waals surface area contributed by atoms with Crippen LogP contribution in [0.15, 0.2) is 24.3 Å². The SMILES string of the molecule is CC(=O)c1c2ccc(-c3c(C)cc(C(F)(F)F)cc3O)nc2nn1CC1CC(=O)N(C2CC2)C1. The molecule has 2 aliphatic rings.